The van der Waals surface area contributed by atoms with Crippen LogP contribution in [0.5, 0.6) is 17.2 Å². The van der Waals surface area contributed by atoms with Crippen molar-refractivity contribution < 1.29 is 27.4 Å². The zero-order chi connectivity index (χ0) is 22.4. The minimum atomic E-state index is -3.77. The zero-order valence-electron chi connectivity index (χ0n) is 18.0. The molecular weight excluding hydrogens is 420 g/mol. The van der Waals surface area contributed by atoms with Gasteiger partial charge in [-0.05, 0) is 36.2 Å². The fraction of sp³-hybridized carbons (Fsp3) is 0.409. The lowest BCUT2D eigenvalue weighted by atomic mass is 10.1. The maximum absolute atomic E-state index is 13.2. The van der Waals surface area contributed by atoms with Crippen molar-refractivity contribution in [1.82, 2.24) is 9.21 Å². The fourth-order valence-electron chi connectivity index (χ4n) is 3.50. The molecule has 1 amide bonds. The summed E-state index contributed by atoms with van der Waals surface area (Å²) in [7, 11) is 0.755. The van der Waals surface area contributed by atoms with Crippen molar-refractivity contribution in [3.63, 3.8) is 0 Å². The van der Waals surface area contributed by atoms with Gasteiger partial charge in [0.05, 0.1) is 21.3 Å². The number of hydrogen-bond acceptors (Lipinski definition) is 6. The van der Waals surface area contributed by atoms with E-state index in [0.29, 0.717) is 31.7 Å². The molecule has 3 rings (SSSR count). The molecule has 0 radical (unpaired) electrons. The van der Waals surface area contributed by atoms with Crippen LogP contribution in [0.15, 0.2) is 47.4 Å². The quantitative estimate of drug-likeness (QED) is 0.615. The molecule has 0 atom stereocenters. The number of carbonyl (C=O) groups excluding carboxylic acids is 1. The molecular formula is C22H28N2O6S. The Morgan fingerprint density at radius 2 is 1.48 bits per heavy atom. The summed E-state index contributed by atoms with van der Waals surface area (Å²) in [6.45, 7) is 1.17. The van der Waals surface area contributed by atoms with E-state index in [1.54, 1.807) is 24.1 Å². The number of methoxy groups -OCH3 is 3. The largest absolute Gasteiger partial charge is 0.497 e. The average Bonchev–Trinajstić information content (AvgIpc) is 2.82. The Labute approximate surface area is 183 Å². The number of sulfonamides is 1. The molecule has 0 spiro atoms. The van der Waals surface area contributed by atoms with Crippen LogP contribution >= 0.6 is 0 Å². The van der Waals surface area contributed by atoms with Crippen LogP contribution in [-0.4, -0.2) is 71.0 Å². The number of ether oxygens (including phenoxy) is 3. The van der Waals surface area contributed by atoms with Crippen molar-refractivity contribution in [1.29, 1.82) is 0 Å². The Morgan fingerprint density at radius 1 is 0.871 bits per heavy atom. The van der Waals surface area contributed by atoms with Crippen molar-refractivity contribution in [3.05, 3.63) is 48.0 Å². The second-order valence-electron chi connectivity index (χ2n) is 7.15. The molecule has 1 saturated heterocycles. The van der Waals surface area contributed by atoms with Gasteiger partial charge in [-0.15, -0.1) is 0 Å². The van der Waals surface area contributed by atoms with Gasteiger partial charge >= 0.3 is 0 Å². The summed E-state index contributed by atoms with van der Waals surface area (Å²) in [5.74, 6) is 1.50. The van der Waals surface area contributed by atoms with Crippen LogP contribution < -0.4 is 14.2 Å². The molecule has 8 nitrogen and oxygen atoms in total. The molecule has 0 saturated carbocycles. The molecule has 1 aliphatic heterocycles. The number of benzene rings is 2. The fourth-order valence-corrected chi connectivity index (χ4v) is 5.10. The number of carbonyl (C=O) groups is 1. The molecule has 0 aromatic heterocycles. The van der Waals surface area contributed by atoms with Crippen molar-refractivity contribution in [2.45, 2.75) is 17.7 Å². The SMILES string of the molecule is COc1ccc(CCC(=O)N2CCN(S(=O)(=O)c3cc(OC)ccc3OC)CC2)cc1. The first kappa shape index (κ1) is 22.9. The number of aryl methyl sites for hydroxylation is 1. The second-order valence-corrected chi connectivity index (χ2v) is 9.06. The first-order valence-corrected chi connectivity index (χ1v) is 11.5. The maximum atomic E-state index is 13.2. The van der Waals surface area contributed by atoms with Gasteiger partial charge in [-0.1, -0.05) is 12.1 Å². The highest BCUT2D eigenvalue weighted by atomic mass is 32.2. The average molecular weight is 449 g/mol. The van der Waals surface area contributed by atoms with Gasteiger partial charge in [-0.25, -0.2) is 8.42 Å². The molecule has 168 valence electrons. The molecule has 1 heterocycles. The van der Waals surface area contributed by atoms with Crippen LogP contribution in [0, 0.1) is 0 Å². The number of hydrogen-bond donors (Lipinski definition) is 0. The van der Waals surface area contributed by atoms with Crippen molar-refractivity contribution >= 4 is 15.9 Å². The molecule has 0 aliphatic carbocycles. The molecule has 2 aromatic rings. The van der Waals surface area contributed by atoms with E-state index < -0.39 is 10.0 Å². The normalized spacial score (nSPS) is 14.9. The van der Waals surface area contributed by atoms with E-state index in [4.69, 9.17) is 14.2 Å². The summed E-state index contributed by atoms with van der Waals surface area (Å²) in [4.78, 5) is 14.4. The highest BCUT2D eigenvalue weighted by Gasteiger charge is 2.32. The van der Waals surface area contributed by atoms with Gasteiger partial charge in [0, 0.05) is 38.7 Å². The van der Waals surface area contributed by atoms with Gasteiger partial charge < -0.3 is 19.1 Å². The van der Waals surface area contributed by atoms with E-state index in [0.717, 1.165) is 11.3 Å². The Bertz CT molecular complexity index is 999. The smallest absolute Gasteiger partial charge is 0.247 e. The lowest BCUT2D eigenvalue weighted by molar-refractivity contribution is -0.132. The molecule has 0 bridgehead atoms. The lowest BCUT2D eigenvalue weighted by Crippen LogP contribution is -2.50. The standard InChI is InChI=1S/C22H28N2O6S/c1-28-18-7-4-17(5-8-18)6-11-22(25)23-12-14-24(15-13-23)31(26,27)21-16-19(29-2)9-10-20(21)30-3/h4-5,7-10,16H,6,11-15H2,1-3H3. The Kier molecular flexibility index (Phi) is 7.40. The monoisotopic (exact) mass is 448 g/mol. The minimum Gasteiger partial charge on any atom is -0.497 e. The third-order valence-electron chi connectivity index (χ3n) is 5.37. The highest BCUT2D eigenvalue weighted by molar-refractivity contribution is 7.89. The lowest BCUT2D eigenvalue weighted by Gasteiger charge is -2.34. The van der Waals surface area contributed by atoms with Crippen LogP contribution in [0.3, 0.4) is 0 Å². The first-order valence-electron chi connectivity index (χ1n) is 10.0. The van der Waals surface area contributed by atoms with Crippen LogP contribution in [-0.2, 0) is 21.2 Å². The van der Waals surface area contributed by atoms with Crippen LogP contribution in [0.1, 0.15) is 12.0 Å². The Balaban J connectivity index is 1.60. The summed E-state index contributed by atoms with van der Waals surface area (Å²) in [6, 6.07) is 12.3. The molecule has 1 aliphatic rings. The molecule has 0 N–H and O–H groups in total. The number of rotatable bonds is 8. The summed E-state index contributed by atoms with van der Waals surface area (Å²) < 4.78 is 43.2. The molecule has 9 heteroatoms. The zero-order valence-corrected chi connectivity index (χ0v) is 18.9. The molecule has 1 fully saturated rings. The van der Waals surface area contributed by atoms with E-state index in [2.05, 4.69) is 0 Å². The summed E-state index contributed by atoms with van der Waals surface area (Å²) in [6.07, 6.45) is 1.01. The Hall–Kier alpha value is -2.78. The van der Waals surface area contributed by atoms with E-state index in [1.165, 1.54) is 24.6 Å². The van der Waals surface area contributed by atoms with Gasteiger partial charge in [-0.3, -0.25) is 4.79 Å². The number of amides is 1. The van der Waals surface area contributed by atoms with E-state index in [1.807, 2.05) is 24.3 Å². The summed E-state index contributed by atoms with van der Waals surface area (Å²) in [5, 5.41) is 0. The van der Waals surface area contributed by atoms with Crippen molar-refractivity contribution in [2.24, 2.45) is 0 Å². The molecule has 0 unspecified atom stereocenters. The van der Waals surface area contributed by atoms with E-state index >= 15 is 0 Å². The number of nitrogens with zero attached hydrogens (tertiary/aromatic N) is 2. The van der Waals surface area contributed by atoms with Crippen molar-refractivity contribution in [3.8, 4) is 17.2 Å². The van der Waals surface area contributed by atoms with Crippen LogP contribution in [0.2, 0.25) is 0 Å². The predicted octanol–water partition coefficient (Wildman–Crippen LogP) is 2.18. The van der Waals surface area contributed by atoms with Gasteiger partial charge in [0.15, 0.2) is 0 Å². The predicted molar refractivity (Wildman–Crippen MR) is 116 cm³/mol. The minimum absolute atomic E-state index is 0.0202. The summed E-state index contributed by atoms with van der Waals surface area (Å²) in [5.41, 5.74) is 1.06. The highest BCUT2D eigenvalue weighted by Crippen LogP contribution is 2.31. The van der Waals surface area contributed by atoms with Gasteiger partial charge in [0.2, 0.25) is 15.9 Å². The van der Waals surface area contributed by atoms with Gasteiger partial charge in [0.25, 0.3) is 0 Å². The van der Waals surface area contributed by atoms with E-state index in [9.17, 15) is 13.2 Å². The number of piperazine rings is 1. The molecule has 2 aromatic carbocycles. The molecule has 31 heavy (non-hydrogen) atoms. The van der Waals surface area contributed by atoms with Gasteiger partial charge in [-0.2, -0.15) is 4.31 Å². The Morgan fingerprint density at radius 3 is 2.06 bits per heavy atom. The topological polar surface area (TPSA) is 85.4 Å². The van der Waals surface area contributed by atoms with Crippen LogP contribution in [0.4, 0.5) is 0 Å². The summed E-state index contributed by atoms with van der Waals surface area (Å²) >= 11 is 0. The maximum Gasteiger partial charge on any atom is 0.247 e. The second kappa shape index (κ2) is 10.0. The van der Waals surface area contributed by atoms with Crippen molar-refractivity contribution in [2.75, 3.05) is 47.5 Å². The van der Waals surface area contributed by atoms with E-state index in [-0.39, 0.29) is 29.6 Å². The first-order chi connectivity index (χ1) is 14.9. The third kappa shape index (κ3) is 5.29. The third-order valence-corrected chi connectivity index (χ3v) is 7.29. The van der Waals surface area contributed by atoms with Gasteiger partial charge in [0.1, 0.15) is 22.1 Å². The van der Waals surface area contributed by atoms with Crippen LogP contribution in [0.25, 0.3) is 0 Å².